The third kappa shape index (κ3) is 3.74. The van der Waals surface area contributed by atoms with Crippen molar-refractivity contribution in [2.75, 3.05) is 39.9 Å². The maximum Gasteiger partial charge on any atom is 0.402 e. The van der Waals surface area contributed by atoms with E-state index in [0.29, 0.717) is 10.9 Å². The number of ether oxygens (including phenoxy) is 1. The van der Waals surface area contributed by atoms with Crippen molar-refractivity contribution in [3.05, 3.63) is 46.2 Å². The number of aliphatic imine (C=N–C) groups is 1. The molecule has 1 aromatic heterocycles. The first-order chi connectivity index (χ1) is 15.9. The van der Waals surface area contributed by atoms with Gasteiger partial charge in [-0.1, -0.05) is 28.7 Å². The number of urea groups is 1. The van der Waals surface area contributed by atoms with Gasteiger partial charge in [0.2, 0.25) is 11.9 Å². The SMILES string of the molecule is Cc1c(C)[n+](CCN2CCOCC2)c2n1C1C(=O)N(Cc3cccc(Cl)c3)C(=O)N(C)C1=N2. The molecule has 0 bridgehead atoms. The van der Waals surface area contributed by atoms with Crippen LogP contribution in [0.1, 0.15) is 23.0 Å². The second kappa shape index (κ2) is 8.55. The molecule has 1 atom stereocenters. The Balaban J connectivity index is 1.45. The van der Waals surface area contributed by atoms with Crippen molar-refractivity contribution in [2.24, 2.45) is 4.99 Å². The highest BCUT2D eigenvalue weighted by Crippen LogP contribution is 2.35. The number of amides is 3. The number of amidine groups is 1. The molecule has 1 unspecified atom stereocenters. The first-order valence-corrected chi connectivity index (χ1v) is 11.6. The second-order valence-electron chi connectivity index (χ2n) is 8.71. The number of carbonyl (C=O) groups excluding carboxylic acids is 2. The van der Waals surface area contributed by atoms with Crippen LogP contribution in [0.5, 0.6) is 0 Å². The normalized spacial score (nSPS) is 20.8. The van der Waals surface area contributed by atoms with Gasteiger partial charge in [0, 0.05) is 31.7 Å². The third-order valence-electron chi connectivity index (χ3n) is 6.80. The summed E-state index contributed by atoms with van der Waals surface area (Å²) in [4.78, 5) is 36.6. The Bertz CT molecular complexity index is 1150. The highest BCUT2D eigenvalue weighted by Gasteiger charge is 2.54. The molecule has 3 aliphatic heterocycles. The predicted octanol–water partition coefficient (Wildman–Crippen LogP) is 2.06. The third-order valence-corrected chi connectivity index (χ3v) is 7.03. The van der Waals surface area contributed by atoms with Gasteiger partial charge in [0.25, 0.3) is 5.91 Å². The summed E-state index contributed by atoms with van der Waals surface area (Å²) in [5.74, 6) is 0.926. The van der Waals surface area contributed by atoms with E-state index >= 15 is 0 Å². The Hall–Kier alpha value is -2.75. The van der Waals surface area contributed by atoms with E-state index in [1.54, 1.807) is 19.2 Å². The Morgan fingerprint density at radius 1 is 1.21 bits per heavy atom. The van der Waals surface area contributed by atoms with Crippen LogP contribution in [-0.4, -0.2) is 76.9 Å². The summed E-state index contributed by atoms with van der Waals surface area (Å²) in [5.41, 5.74) is 2.86. The molecule has 2 aromatic rings. The molecule has 3 amide bonds. The number of benzene rings is 1. The van der Waals surface area contributed by atoms with Crippen LogP contribution in [0.15, 0.2) is 29.3 Å². The van der Waals surface area contributed by atoms with Crippen molar-refractivity contribution >= 4 is 35.3 Å². The molecule has 0 aliphatic carbocycles. The molecule has 2 fully saturated rings. The molecular formula is C23H28ClN6O3+. The maximum atomic E-state index is 13.6. The van der Waals surface area contributed by atoms with E-state index in [4.69, 9.17) is 21.3 Å². The number of nitrogens with zero attached hydrogens (tertiary/aromatic N) is 6. The quantitative estimate of drug-likeness (QED) is 0.626. The summed E-state index contributed by atoms with van der Waals surface area (Å²) in [6, 6.07) is 6.20. The summed E-state index contributed by atoms with van der Waals surface area (Å²) < 4.78 is 9.58. The Labute approximate surface area is 197 Å². The zero-order valence-corrected chi connectivity index (χ0v) is 19.9. The van der Waals surface area contributed by atoms with Gasteiger partial charge < -0.3 is 4.74 Å². The van der Waals surface area contributed by atoms with Gasteiger partial charge in [0.15, 0.2) is 0 Å². The number of halogens is 1. The molecule has 0 radical (unpaired) electrons. The van der Waals surface area contributed by atoms with Crippen molar-refractivity contribution < 1.29 is 18.9 Å². The smallest absolute Gasteiger partial charge is 0.379 e. The van der Waals surface area contributed by atoms with Crippen LogP contribution < -0.4 is 4.57 Å². The Morgan fingerprint density at radius 2 is 1.97 bits per heavy atom. The highest BCUT2D eigenvalue weighted by molar-refractivity contribution is 6.30. The Kier molecular flexibility index (Phi) is 5.72. The van der Waals surface area contributed by atoms with Gasteiger partial charge >= 0.3 is 12.0 Å². The number of imide groups is 1. The first kappa shape index (κ1) is 22.1. The van der Waals surface area contributed by atoms with E-state index in [2.05, 4.69) is 16.4 Å². The summed E-state index contributed by atoms with van der Waals surface area (Å²) >= 11 is 6.11. The van der Waals surface area contributed by atoms with E-state index < -0.39 is 6.04 Å². The number of carbonyl (C=O) groups is 2. The fourth-order valence-corrected chi connectivity index (χ4v) is 5.01. The van der Waals surface area contributed by atoms with Crippen molar-refractivity contribution in [2.45, 2.75) is 33.0 Å². The molecule has 33 heavy (non-hydrogen) atoms. The minimum Gasteiger partial charge on any atom is -0.379 e. The number of aromatic nitrogens is 2. The van der Waals surface area contributed by atoms with Crippen LogP contribution >= 0.6 is 11.6 Å². The molecule has 1 aromatic carbocycles. The molecule has 3 aliphatic rings. The fraction of sp³-hybridized carbons (Fsp3) is 0.478. The van der Waals surface area contributed by atoms with E-state index in [1.807, 2.05) is 23.6 Å². The van der Waals surface area contributed by atoms with Crippen LogP contribution in [0.2, 0.25) is 5.02 Å². The van der Waals surface area contributed by atoms with Crippen molar-refractivity contribution in [1.29, 1.82) is 0 Å². The zero-order valence-electron chi connectivity index (χ0n) is 19.1. The topological polar surface area (TPSA) is 74.3 Å². The minimum absolute atomic E-state index is 0.165. The standard InChI is InChI=1S/C23H28ClN6O3/c1-15-16(2)30-19-20(25-22(30)28(15)8-7-27-9-11-33-12-10-27)26(3)23(32)29(21(19)31)14-17-5-4-6-18(24)13-17/h4-6,13,19H,7-12,14H2,1-3H3/q+1. The fourth-order valence-electron chi connectivity index (χ4n) is 4.80. The lowest BCUT2D eigenvalue weighted by Crippen LogP contribution is -2.57. The predicted molar refractivity (Wildman–Crippen MR) is 123 cm³/mol. The molecule has 9 nitrogen and oxygen atoms in total. The average Bonchev–Trinajstić information content (AvgIpc) is 3.30. The number of imidazole rings is 1. The molecule has 174 valence electrons. The summed E-state index contributed by atoms with van der Waals surface area (Å²) in [5, 5.41) is 0.571. The molecule has 0 saturated carbocycles. The number of rotatable bonds is 5. The van der Waals surface area contributed by atoms with Crippen LogP contribution in [0.25, 0.3) is 0 Å². The van der Waals surface area contributed by atoms with Crippen LogP contribution in [0.4, 0.5) is 10.7 Å². The van der Waals surface area contributed by atoms with Gasteiger partial charge in [-0.3, -0.25) is 19.5 Å². The van der Waals surface area contributed by atoms with Crippen LogP contribution in [0, 0.1) is 13.8 Å². The second-order valence-corrected chi connectivity index (χ2v) is 9.15. The van der Waals surface area contributed by atoms with Crippen LogP contribution in [0.3, 0.4) is 0 Å². The molecule has 10 heteroatoms. The van der Waals surface area contributed by atoms with Crippen molar-refractivity contribution in [1.82, 2.24) is 19.3 Å². The summed E-state index contributed by atoms with van der Waals surface area (Å²) in [6.45, 7) is 9.21. The number of hydrogen-bond donors (Lipinski definition) is 0. The summed E-state index contributed by atoms with van der Waals surface area (Å²) in [6.07, 6.45) is 0. The van der Waals surface area contributed by atoms with E-state index in [-0.39, 0.29) is 18.5 Å². The van der Waals surface area contributed by atoms with E-state index in [1.165, 1.54) is 9.80 Å². The lowest BCUT2D eigenvalue weighted by molar-refractivity contribution is -0.688. The molecule has 0 spiro atoms. The van der Waals surface area contributed by atoms with Gasteiger partial charge in [-0.2, -0.15) is 0 Å². The van der Waals surface area contributed by atoms with E-state index in [9.17, 15) is 9.59 Å². The Morgan fingerprint density at radius 3 is 2.70 bits per heavy atom. The van der Waals surface area contributed by atoms with Crippen molar-refractivity contribution in [3.8, 4) is 0 Å². The zero-order chi connectivity index (χ0) is 23.3. The lowest BCUT2D eigenvalue weighted by Gasteiger charge is -2.33. The lowest BCUT2D eigenvalue weighted by atomic mass is 10.1. The summed E-state index contributed by atoms with van der Waals surface area (Å²) in [7, 11) is 1.68. The van der Waals surface area contributed by atoms with Gasteiger partial charge in [0.1, 0.15) is 11.4 Å². The molecule has 4 heterocycles. The van der Waals surface area contributed by atoms with Gasteiger partial charge in [-0.15, -0.1) is 0 Å². The number of likely N-dealkylation sites (N-methyl/N-ethyl adjacent to an activating group) is 1. The number of hydrogen-bond acceptors (Lipinski definition) is 5. The molecular weight excluding hydrogens is 444 g/mol. The number of morpholine rings is 1. The van der Waals surface area contributed by atoms with Gasteiger partial charge in [-0.05, 0) is 31.5 Å². The van der Waals surface area contributed by atoms with Crippen LogP contribution in [-0.2, 0) is 22.6 Å². The number of fused-ring (bicyclic) bond motifs is 3. The first-order valence-electron chi connectivity index (χ1n) is 11.2. The van der Waals surface area contributed by atoms with Gasteiger partial charge in [0.05, 0.1) is 26.3 Å². The molecule has 5 rings (SSSR count). The van der Waals surface area contributed by atoms with Gasteiger partial charge in [-0.25, -0.2) is 13.9 Å². The van der Waals surface area contributed by atoms with Crippen molar-refractivity contribution in [3.63, 3.8) is 0 Å². The minimum atomic E-state index is -0.648. The maximum absolute atomic E-state index is 13.6. The largest absolute Gasteiger partial charge is 0.402 e. The average molecular weight is 472 g/mol. The monoisotopic (exact) mass is 471 g/mol. The van der Waals surface area contributed by atoms with E-state index in [0.717, 1.165) is 62.3 Å². The molecule has 0 N–H and O–H groups in total. The molecule has 2 saturated heterocycles. The highest BCUT2D eigenvalue weighted by atomic mass is 35.5.